The summed E-state index contributed by atoms with van der Waals surface area (Å²) in [5, 5.41) is 3.17. The molecule has 0 bridgehead atoms. The van der Waals surface area contributed by atoms with Crippen molar-refractivity contribution in [2.75, 3.05) is 17.6 Å². The van der Waals surface area contributed by atoms with Crippen LogP contribution in [0.4, 0.5) is 18.9 Å². The summed E-state index contributed by atoms with van der Waals surface area (Å²) in [6, 6.07) is 5.16. The van der Waals surface area contributed by atoms with Crippen LogP contribution in [0.25, 0.3) is 0 Å². The highest BCUT2D eigenvalue weighted by Crippen LogP contribution is 2.34. The van der Waals surface area contributed by atoms with Crippen LogP contribution < -0.4 is 5.32 Å². The Balaban J connectivity index is 2.17. The van der Waals surface area contributed by atoms with Crippen LogP contribution in [-0.2, 0) is 9.84 Å². The predicted octanol–water partition coefficient (Wildman–Crippen LogP) is 3.68. The molecule has 1 aromatic carbocycles. The van der Waals surface area contributed by atoms with Crippen molar-refractivity contribution < 1.29 is 21.6 Å². The van der Waals surface area contributed by atoms with Crippen molar-refractivity contribution in [3.8, 4) is 0 Å². The molecule has 118 valence electrons. The summed E-state index contributed by atoms with van der Waals surface area (Å²) >= 11 is 1.77. The first kappa shape index (κ1) is 16.5. The molecule has 3 nitrogen and oxygen atoms in total. The van der Waals surface area contributed by atoms with Gasteiger partial charge >= 0.3 is 5.51 Å². The molecule has 8 heteroatoms. The molecule has 2 rings (SSSR count). The Morgan fingerprint density at radius 3 is 2.57 bits per heavy atom. The molecule has 1 atom stereocenters. The highest BCUT2D eigenvalue weighted by Gasteiger charge is 2.47. The Kier molecular flexibility index (Phi) is 5.08. The van der Waals surface area contributed by atoms with Crippen LogP contribution in [-0.4, -0.2) is 31.5 Å². The van der Waals surface area contributed by atoms with Gasteiger partial charge in [0.1, 0.15) is 0 Å². The molecule has 0 aliphatic carbocycles. The van der Waals surface area contributed by atoms with Gasteiger partial charge in [0, 0.05) is 11.8 Å². The molecule has 1 unspecified atom stereocenters. The molecule has 1 N–H and O–H groups in total. The van der Waals surface area contributed by atoms with E-state index in [1.165, 1.54) is 18.2 Å². The highest BCUT2D eigenvalue weighted by atomic mass is 32.2. The summed E-state index contributed by atoms with van der Waals surface area (Å²) in [6.45, 7) is 0.467. The zero-order valence-electron chi connectivity index (χ0n) is 11.2. The molecule has 1 heterocycles. The fraction of sp³-hybridized carbons (Fsp3) is 0.538. The van der Waals surface area contributed by atoms with E-state index in [-0.39, 0.29) is 5.69 Å². The average molecular weight is 339 g/mol. The molecule has 0 saturated carbocycles. The Hall–Kier alpha value is -0.890. The third-order valence-electron chi connectivity index (χ3n) is 3.28. The van der Waals surface area contributed by atoms with Crippen molar-refractivity contribution in [1.29, 1.82) is 0 Å². The number of para-hydroxylation sites is 1. The minimum Gasteiger partial charge on any atom is -0.383 e. The Bertz CT molecular complexity index is 581. The number of benzene rings is 1. The fourth-order valence-electron chi connectivity index (χ4n) is 2.16. The lowest BCUT2D eigenvalue weighted by molar-refractivity contribution is -0.0435. The molecule has 21 heavy (non-hydrogen) atoms. The zero-order valence-corrected chi connectivity index (χ0v) is 12.8. The minimum absolute atomic E-state index is 0.0148. The van der Waals surface area contributed by atoms with Gasteiger partial charge in [-0.25, -0.2) is 8.42 Å². The van der Waals surface area contributed by atoms with Gasteiger partial charge in [0.05, 0.1) is 10.6 Å². The van der Waals surface area contributed by atoms with Gasteiger partial charge in [0.25, 0.3) is 9.84 Å². The number of sulfone groups is 1. The lowest BCUT2D eigenvalue weighted by atomic mass is 10.2. The van der Waals surface area contributed by atoms with Crippen LogP contribution in [0.5, 0.6) is 0 Å². The first-order chi connectivity index (χ1) is 9.82. The van der Waals surface area contributed by atoms with Crippen molar-refractivity contribution in [3.63, 3.8) is 0 Å². The summed E-state index contributed by atoms with van der Waals surface area (Å²) in [4.78, 5) is -0.710. The smallest absolute Gasteiger partial charge is 0.383 e. The molecular formula is C13H16F3NO2S2. The molecule has 1 aliphatic rings. The number of hydrogen-bond acceptors (Lipinski definition) is 4. The van der Waals surface area contributed by atoms with Gasteiger partial charge in [-0.3, -0.25) is 0 Å². The fourth-order valence-corrected chi connectivity index (χ4v) is 4.34. The largest absolute Gasteiger partial charge is 0.501 e. The van der Waals surface area contributed by atoms with Crippen LogP contribution in [0.1, 0.15) is 19.3 Å². The number of anilines is 1. The number of thioether (sulfide) groups is 1. The molecule has 1 saturated heterocycles. The van der Waals surface area contributed by atoms with Crippen molar-refractivity contribution >= 4 is 27.3 Å². The molecular weight excluding hydrogens is 323 g/mol. The van der Waals surface area contributed by atoms with Gasteiger partial charge in [-0.05, 0) is 30.7 Å². The van der Waals surface area contributed by atoms with E-state index in [0.29, 0.717) is 11.8 Å². The van der Waals surface area contributed by atoms with E-state index in [2.05, 4.69) is 5.32 Å². The van der Waals surface area contributed by atoms with Gasteiger partial charge < -0.3 is 5.32 Å². The SMILES string of the molecule is O=S(=O)(c1ccccc1NCC1CCCCS1)C(F)(F)F. The molecule has 1 aliphatic heterocycles. The second-order valence-corrected chi connectivity index (χ2v) is 8.13. The Labute approximate surface area is 126 Å². The van der Waals surface area contributed by atoms with Crippen molar-refractivity contribution in [1.82, 2.24) is 0 Å². The van der Waals surface area contributed by atoms with E-state index < -0.39 is 20.2 Å². The third-order valence-corrected chi connectivity index (χ3v) is 6.22. The lowest BCUT2D eigenvalue weighted by Crippen LogP contribution is -2.25. The van der Waals surface area contributed by atoms with E-state index in [9.17, 15) is 21.6 Å². The Morgan fingerprint density at radius 2 is 1.95 bits per heavy atom. The van der Waals surface area contributed by atoms with E-state index in [1.807, 2.05) is 0 Å². The molecule has 0 aromatic heterocycles. The van der Waals surface area contributed by atoms with E-state index in [0.717, 1.165) is 31.1 Å². The quantitative estimate of drug-likeness (QED) is 0.909. The van der Waals surface area contributed by atoms with Crippen LogP contribution in [0.2, 0.25) is 0 Å². The number of alkyl halides is 3. The van der Waals surface area contributed by atoms with Crippen molar-refractivity contribution in [3.05, 3.63) is 24.3 Å². The predicted molar refractivity (Wildman–Crippen MR) is 78.3 cm³/mol. The van der Waals surface area contributed by atoms with Gasteiger partial charge in [0.2, 0.25) is 0 Å². The zero-order chi connectivity index (χ0) is 15.5. The number of hydrogen-bond donors (Lipinski definition) is 1. The summed E-state index contributed by atoms with van der Waals surface area (Å²) in [7, 11) is -5.33. The molecule has 0 radical (unpaired) electrons. The van der Waals surface area contributed by atoms with Gasteiger partial charge in [-0.1, -0.05) is 18.6 Å². The molecule has 0 spiro atoms. The number of rotatable bonds is 4. The highest BCUT2D eigenvalue weighted by molar-refractivity contribution is 8.00. The van der Waals surface area contributed by atoms with E-state index >= 15 is 0 Å². The van der Waals surface area contributed by atoms with Crippen LogP contribution >= 0.6 is 11.8 Å². The average Bonchev–Trinajstić information content (AvgIpc) is 2.45. The topological polar surface area (TPSA) is 46.2 Å². The maximum absolute atomic E-state index is 12.7. The molecule has 0 amide bonds. The number of nitrogens with one attached hydrogen (secondary N) is 1. The van der Waals surface area contributed by atoms with Gasteiger partial charge in [-0.15, -0.1) is 0 Å². The summed E-state index contributed by atoms with van der Waals surface area (Å²) < 4.78 is 61.1. The van der Waals surface area contributed by atoms with Crippen molar-refractivity contribution in [2.24, 2.45) is 0 Å². The second-order valence-electron chi connectivity index (χ2n) is 4.81. The summed E-state index contributed by atoms with van der Waals surface area (Å²) in [5.41, 5.74) is -5.27. The van der Waals surface area contributed by atoms with Crippen LogP contribution in [0.15, 0.2) is 29.2 Å². The maximum atomic E-state index is 12.7. The molecule has 1 aromatic rings. The summed E-state index contributed by atoms with van der Waals surface area (Å²) in [5.74, 6) is 1.04. The van der Waals surface area contributed by atoms with Crippen LogP contribution in [0.3, 0.4) is 0 Å². The number of halogens is 3. The van der Waals surface area contributed by atoms with E-state index in [1.54, 1.807) is 11.8 Å². The first-order valence-electron chi connectivity index (χ1n) is 6.58. The standard InChI is InChI=1S/C13H16F3NO2S2/c14-13(15,16)21(18,19)12-7-2-1-6-11(12)17-9-10-5-3-4-8-20-10/h1-2,6-7,10,17H,3-5,8-9H2. The van der Waals surface area contributed by atoms with Gasteiger partial charge in [-0.2, -0.15) is 24.9 Å². The molecule has 1 fully saturated rings. The lowest BCUT2D eigenvalue weighted by Gasteiger charge is -2.22. The van der Waals surface area contributed by atoms with Crippen LogP contribution in [0, 0.1) is 0 Å². The maximum Gasteiger partial charge on any atom is 0.501 e. The summed E-state index contributed by atoms with van der Waals surface area (Å²) in [6.07, 6.45) is 3.24. The van der Waals surface area contributed by atoms with Crippen molar-refractivity contribution in [2.45, 2.75) is 34.9 Å². The second kappa shape index (κ2) is 6.48. The monoisotopic (exact) mass is 339 g/mol. The Morgan fingerprint density at radius 1 is 1.24 bits per heavy atom. The first-order valence-corrected chi connectivity index (χ1v) is 9.11. The third kappa shape index (κ3) is 3.85. The minimum atomic E-state index is -5.33. The normalized spacial score (nSPS) is 20.2. The van der Waals surface area contributed by atoms with E-state index in [4.69, 9.17) is 0 Å². The van der Waals surface area contributed by atoms with Gasteiger partial charge in [0.15, 0.2) is 0 Å².